The van der Waals surface area contributed by atoms with Crippen molar-refractivity contribution in [3.05, 3.63) is 35.4 Å². The van der Waals surface area contributed by atoms with Crippen molar-refractivity contribution in [2.75, 3.05) is 13.7 Å². The van der Waals surface area contributed by atoms with Gasteiger partial charge in [-0.05, 0) is 50.4 Å². The number of rotatable bonds is 6. The molecule has 118 valence electrons. The van der Waals surface area contributed by atoms with Gasteiger partial charge in [-0.25, -0.2) is 8.78 Å². The Labute approximate surface area is 125 Å². The Hall–Kier alpha value is -1.00. The standard InChI is InChI=1S/C17H25F2NO/c1-3-21-17(12-7-5-4-6-8-12)16(20-2)13-9-14(18)11-15(19)10-13/h9-12,16-17,20H,3-8H2,1-2H3. The van der Waals surface area contributed by atoms with Gasteiger partial charge in [-0.15, -0.1) is 0 Å². The fourth-order valence-corrected chi connectivity index (χ4v) is 3.43. The van der Waals surface area contributed by atoms with E-state index < -0.39 is 11.6 Å². The highest BCUT2D eigenvalue weighted by atomic mass is 19.1. The SMILES string of the molecule is CCOC(C1CCCCC1)C(NC)c1cc(F)cc(F)c1. The lowest BCUT2D eigenvalue weighted by atomic mass is 9.81. The molecular weight excluding hydrogens is 272 g/mol. The molecule has 0 bridgehead atoms. The highest BCUT2D eigenvalue weighted by Gasteiger charge is 2.31. The number of hydrogen-bond acceptors (Lipinski definition) is 2. The van der Waals surface area contributed by atoms with Crippen LogP contribution < -0.4 is 5.32 Å². The topological polar surface area (TPSA) is 21.3 Å². The molecule has 1 aliphatic rings. The first kappa shape index (κ1) is 16.4. The first-order valence-corrected chi connectivity index (χ1v) is 7.90. The van der Waals surface area contributed by atoms with Gasteiger partial charge in [0.05, 0.1) is 12.1 Å². The number of nitrogens with one attached hydrogen (secondary N) is 1. The second-order valence-electron chi connectivity index (χ2n) is 5.79. The molecule has 0 aromatic heterocycles. The number of ether oxygens (including phenoxy) is 1. The normalized spacial score (nSPS) is 19.4. The van der Waals surface area contributed by atoms with Gasteiger partial charge in [0, 0.05) is 12.7 Å². The number of halogens is 2. The molecule has 2 nitrogen and oxygen atoms in total. The third-order valence-electron chi connectivity index (χ3n) is 4.36. The summed E-state index contributed by atoms with van der Waals surface area (Å²) < 4.78 is 33.0. The molecule has 0 spiro atoms. The first-order chi connectivity index (χ1) is 10.2. The van der Waals surface area contributed by atoms with E-state index in [-0.39, 0.29) is 12.1 Å². The summed E-state index contributed by atoms with van der Waals surface area (Å²) in [5, 5.41) is 3.20. The minimum atomic E-state index is -0.538. The van der Waals surface area contributed by atoms with E-state index in [0.717, 1.165) is 18.9 Å². The van der Waals surface area contributed by atoms with Crippen LogP contribution in [-0.4, -0.2) is 19.8 Å². The Balaban J connectivity index is 2.25. The minimum Gasteiger partial charge on any atom is -0.376 e. The fraction of sp³-hybridized carbons (Fsp3) is 0.647. The van der Waals surface area contributed by atoms with Gasteiger partial charge in [-0.2, -0.15) is 0 Å². The third-order valence-corrected chi connectivity index (χ3v) is 4.36. The number of benzene rings is 1. The molecule has 0 aliphatic heterocycles. The number of hydrogen-bond donors (Lipinski definition) is 1. The van der Waals surface area contributed by atoms with Gasteiger partial charge in [0.25, 0.3) is 0 Å². The average Bonchev–Trinajstić information content (AvgIpc) is 2.47. The molecule has 1 aromatic rings. The smallest absolute Gasteiger partial charge is 0.126 e. The van der Waals surface area contributed by atoms with E-state index in [2.05, 4.69) is 5.32 Å². The van der Waals surface area contributed by atoms with Crippen LogP contribution in [0.4, 0.5) is 8.78 Å². The summed E-state index contributed by atoms with van der Waals surface area (Å²) in [6.45, 7) is 2.58. The van der Waals surface area contributed by atoms with E-state index >= 15 is 0 Å². The fourth-order valence-electron chi connectivity index (χ4n) is 3.43. The van der Waals surface area contributed by atoms with E-state index in [4.69, 9.17) is 4.74 Å². The van der Waals surface area contributed by atoms with Crippen molar-refractivity contribution < 1.29 is 13.5 Å². The maximum Gasteiger partial charge on any atom is 0.126 e. The average molecular weight is 297 g/mol. The molecule has 0 heterocycles. The van der Waals surface area contributed by atoms with Crippen molar-refractivity contribution >= 4 is 0 Å². The lowest BCUT2D eigenvalue weighted by molar-refractivity contribution is -0.0168. The van der Waals surface area contributed by atoms with E-state index in [1.54, 1.807) is 0 Å². The zero-order chi connectivity index (χ0) is 15.2. The van der Waals surface area contributed by atoms with Crippen molar-refractivity contribution in [2.24, 2.45) is 5.92 Å². The maximum absolute atomic E-state index is 13.5. The summed E-state index contributed by atoms with van der Waals surface area (Å²) in [5.74, 6) is -0.629. The molecular formula is C17H25F2NO. The molecule has 1 saturated carbocycles. The number of likely N-dealkylation sites (N-methyl/N-ethyl adjacent to an activating group) is 1. The van der Waals surface area contributed by atoms with Crippen LogP contribution in [0.1, 0.15) is 50.6 Å². The lowest BCUT2D eigenvalue weighted by Gasteiger charge is -2.35. The molecule has 2 unspecified atom stereocenters. The highest BCUT2D eigenvalue weighted by molar-refractivity contribution is 5.23. The van der Waals surface area contributed by atoms with E-state index in [1.807, 2.05) is 14.0 Å². The van der Waals surface area contributed by atoms with Gasteiger partial charge in [0.1, 0.15) is 11.6 Å². The van der Waals surface area contributed by atoms with Crippen molar-refractivity contribution in [1.29, 1.82) is 0 Å². The second-order valence-corrected chi connectivity index (χ2v) is 5.79. The molecule has 0 amide bonds. The summed E-state index contributed by atoms with van der Waals surface area (Å²) in [6, 6.07) is 3.53. The summed E-state index contributed by atoms with van der Waals surface area (Å²) >= 11 is 0. The Bertz CT molecular complexity index is 426. The van der Waals surface area contributed by atoms with Crippen molar-refractivity contribution in [2.45, 2.75) is 51.2 Å². The molecule has 0 saturated heterocycles. The highest BCUT2D eigenvalue weighted by Crippen LogP contribution is 2.34. The van der Waals surface area contributed by atoms with Crippen LogP contribution >= 0.6 is 0 Å². The minimum absolute atomic E-state index is 0.0403. The zero-order valence-electron chi connectivity index (χ0n) is 12.9. The largest absolute Gasteiger partial charge is 0.376 e. The van der Waals surface area contributed by atoms with Crippen LogP contribution in [0, 0.1) is 17.6 Å². The molecule has 2 atom stereocenters. The molecule has 2 rings (SSSR count). The van der Waals surface area contributed by atoms with Gasteiger partial charge >= 0.3 is 0 Å². The molecule has 1 N–H and O–H groups in total. The van der Waals surface area contributed by atoms with Crippen molar-refractivity contribution in [3.63, 3.8) is 0 Å². The second kappa shape index (κ2) is 7.85. The van der Waals surface area contributed by atoms with Gasteiger partial charge in [0.2, 0.25) is 0 Å². The molecule has 4 heteroatoms. The third kappa shape index (κ3) is 4.24. The molecule has 0 radical (unpaired) electrons. The Kier molecular flexibility index (Phi) is 6.12. The summed E-state index contributed by atoms with van der Waals surface area (Å²) in [5.41, 5.74) is 0.624. The Morgan fingerprint density at radius 3 is 2.29 bits per heavy atom. The van der Waals surface area contributed by atoms with Crippen LogP contribution in [0.3, 0.4) is 0 Å². The van der Waals surface area contributed by atoms with Crippen LogP contribution in [0.5, 0.6) is 0 Å². The van der Waals surface area contributed by atoms with E-state index in [0.29, 0.717) is 18.1 Å². The Morgan fingerprint density at radius 1 is 1.14 bits per heavy atom. The van der Waals surface area contributed by atoms with E-state index in [1.165, 1.54) is 31.4 Å². The monoisotopic (exact) mass is 297 g/mol. The van der Waals surface area contributed by atoms with Crippen molar-refractivity contribution in [3.8, 4) is 0 Å². The predicted molar refractivity (Wildman–Crippen MR) is 80.1 cm³/mol. The van der Waals surface area contributed by atoms with Crippen molar-refractivity contribution in [1.82, 2.24) is 5.32 Å². The molecule has 21 heavy (non-hydrogen) atoms. The van der Waals surface area contributed by atoms with Crippen LogP contribution in [-0.2, 0) is 4.74 Å². The molecule has 1 aliphatic carbocycles. The molecule has 1 aromatic carbocycles. The molecule has 1 fully saturated rings. The quantitative estimate of drug-likeness (QED) is 0.849. The Morgan fingerprint density at radius 2 is 1.76 bits per heavy atom. The van der Waals surface area contributed by atoms with Crippen LogP contribution in [0.25, 0.3) is 0 Å². The lowest BCUT2D eigenvalue weighted by Crippen LogP contribution is -2.38. The van der Waals surface area contributed by atoms with Gasteiger partial charge < -0.3 is 10.1 Å². The summed E-state index contributed by atoms with van der Waals surface area (Å²) in [4.78, 5) is 0. The van der Waals surface area contributed by atoms with Crippen LogP contribution in [0.2, 0.25) is 0 Å². The summed E-state index contributed by atoms with van der Waals surface area (Å²) in [7, 11) is 1.82. The predicted octanol–water partition coefficient (Wildman–Crippen LogP) is 4.21. The zero-order valence-corrected chi connectivity index (χ0v) is 12.9. The van der Waals surface area contributed by atoms with Gasteiger partial charge in [0.15, 0.2) is 0 Å². The van der Waals surface area contributed by atoms with Crippen LogP contribution in [0.15, 0.2) is 18.2 Å². The van der Waals surface area contributed by atoms with E-state index in [9.17, 15) is 8.78 Å². The van der Waals surface area contributed by atoms with Gasteiger partial charge in [-0.1, -0.05) is 19.3 Å². The first-order valence-electron chi connectivity index (χ1n) is 7.90. The summed E-state index contributed by atoms with van der Waals surface area (Å²) in [6.07, 6.45) is 5.90. The van der Waals surface area contributed by atoms with Gasteiger partial charge in [-0.3, -0.25) is 0 Å². The maximum atomic E-state index is 13.5.